The minimum atomic E-state index is -0.977. The summed E-state index contributed by atoms with van der Waals surface area (Å²) in [6.45, 7) is 0. The lowest BCUT2D eigenvalue weighted by molar-refractivity contribution is 1.18. The molecule has 3 heterocycles. The Balaban J connectivity index is 1.13. The van der Waals surface area contributed by atoms with Gasteiger partial charge in [-0.15, -0.1) is 11.3 Å². The van der Waals surface area contributed by atoms with E-state index in [1.54, 1.807) is 30.3 Å². The number of nitrogens with zero attached hydrogens (tertiary/aromatic N) is 2. The van der Waals surface area contributed by atoms with Crippen molar-refractivity contribution in [2.24, 2.45) is 0 Å². The number of rotatable bonds is 6. The molecule has 3 aromatic heterocycles. The third-order valence-electron chi connectivity index (χ3n) is 10.5. The van der Waals surface area contributed by atoms with Crippen molar-refractivity contribution in [2.75, 3.05) is 0 Å². The molecule has 0 radical (unpaired) electrons. The van der Waals surface area contributed by atoms with Gasteiger partial charge in [0.2, 0.25) is 0 Å². The summed E-state index contributed by atoms with van der Waals surface area (Å²) in [5.74, 6) is 0. The van der Waals surface area contributed by atoms with Crippen LogP contribution in [0.3, 0.4) is 0 Å². The molecule has 2 nitrogen and oxygen atoms in total. The SMILES string of the molecule is [2H]c1cc(-c2c([2H])c([2H])c([2H])c3sc4c(-n5c6c([2H])c([2H])c([2H])c([2H])c6c6c([2H])c(-c7c([2H])c([2H])c8c9c([2H])c([2H])c([2H])c([2H])c9n(-c9ccccc9)c8c7[2H])c([2H])c([2H])c65)c([2H])c([2H])c([2H])c4c23)c([2H])c([2H])c1-c1c([2H])c([2H])c([2H])c(-c2c([2H])c([2H])c([2H])c([2H])c2[2H])c1[2H]. The minimum absolute atomic E-state index is 0.186. The Labute approximate surface area is 413 Å². The smallest absolute Gasteiger partial charge is 0.0652 e. The van der Waals surface area contributed by atoms with Crippen molar-refractivity contribution in [3.8, 4) is 55.9 Å². The predicted octanol–water partition coefficient (Wildman–Crippen LogP) is 16.9. The van der Waals surface area contributed by atoms with Gasteiger partial charge in [0.05, 0.1) is 76.3 Å². The molecule has 0 aliphatic carbocycles. The van der Waals surface area contributed by atoms with E-state index in [9.17, 15) is 23.3 Å². The van der Waals surface area contributed by atoms with E-state index in [4.69, 9.17) is 20.6 Å². The zero-order valence-electron chi connectivity index (χ0n) is 63.8. The molecule has 0 spiro atoms. The quantitative estimate of drug-likeness (QED) is 0.158. The summed E-state index contributed by atoms with van der Waals surface area (Å²) in [7, 11) is 0. The van der Waals surface area contributed by atoms with Crippen molar-refractivity contribution in [1.82, 2.24) is 9.13 Å². The van der Waals surface area contributed by atoms with E-state index in [0.29, 0.717) is 11.3 Å². The van der Waals surface area contributed by atoms with E-state index in [-0.39, 0.29) is 42.3 Å². The Morgan fingerprint density at radius 1 is 0.349 bits per heavy atom. The van der Waals surface area contributed by atoms with Crippen LogP contribution in [0.5, 0.6) is 0 Å². The Morgan fingerprint density at radius 2 is 0.937 bits per heavy atom. The first-order valence-electron chi connectivity index (χ1n) is 35.0. The predicted molar refractivity (Wildman–Crippen MR) is 270 cm³/mol. The molecule has 294 valence electrons. The molecule has 0 bridgehead atoms. The van der Waals surface area contributed by atoms with E-state index in [0.717, 1.165) is 10.6 Å². The first-order valence-corrected chi connectivity index (χ1v) is 19.8. The normalized spacial score (nSPS) is 18.9. The van der Waals surface area contributed by atoms with Gasteiger partial charge in [-0.1, -0.05) is 169 Å². The molecule has 13 rings (SSSR count). The molecule has 3 heteroatoms. The van der Waals surface area contributed by atoms with Crippen LogP contribution < -0.4 is 0 Å². The molecule has 0 aliphatic rings. The molecule has 63 heavy (non-hydrogen) atoms. The highest BCUT2D eigenvalue weighted by atomic mass is 32.1. The van der Waals surface area contributed by atoms with Crippen LogP contribution in [0, 0.1) is 0 Å². The number of benzene rings is 10. The average Bonchev–Trinajstić information content (AvgIpc) is 1.55. The molecule has 0 atom stereocenters. The highest BCUT2D eigenvalue weighted by molar-refractivity contribution is 7.26. The topological polar surface area (TPSA) is 9.86 Å². The number of fused-ring (bicyclic) bond motifs is 9. The van der Waals surface area contributed by atoms with E-state index in [1.807, 2.05) is 0 Å². The summed E-state index contributed by atoms with van der Waals surface area (Å²) in [6, 6.07) is -18.0. The molecule has 0 fully saturated rings. The highest BCUT2D eigenvalue weighted by Gasteiger charge is 2.20. The molecule has 0 aliphatic heterocycles. The lowest BCUT2D eigenvalue weighted by atomic mass is 9.95. The summed E-state index contributed by atoms with van der Waals surface area (Å²) in [5, 5.41) is -2.37. The molecule has 13 aromatic rings. The molecule has 0 saturated carbocycles. The van der Waals surface area contributed by atoms with Crippen molar-refractivity contribution >= 4 is 75.1 Å². The fraction of sp³-hybridized carbons (Fsp3) is 0. The van der Waals surface area contributed by atoms with E-state index in [1.165, 1.54) is 4.57 Å². The fourth-order valence-corrected chi connectivity index (χ4v) is 8.85. The van der Waals surface area contributed by atoms with Crippen LogP contribution in [0.2, 0.25) is 0 Å². The monoisotopic (exact) mass is 850 g/mol. The van der Waals surface area contributed by atoms with Gasteiger partial charge in [0.25, 0.3) is 0 Å². The molecule has 0 saturated heterocycles. The van der Waals surface area contributed by atoms with Crippen molar-refractivity contribution < 1.29 is 43.9 Å². The highest BCUT2D eigenvalue weighted by Crippen LogP contribution is 2.45. The van der Waals surface area contributed by atoms with Gasteiger partial charge in [-0.3, -0.25) is 0 Å². The average molecular weight is 851 g/mol. The van der Waals surface area contributed by atoms with Crippen LogP contribution >= 0.6 is 11.3 Å². The van der Waals surface area contributed by atoms with Gasteiger partial charge in [-0.25, -0.2) is 0 Å². The summed E-state index contributed by atoms with van der Waals surface area (Å²) in [6.07, 6.45) is 0. The Hall–Kier alpha value is -7.98. The lowest BCUT2D eigenvalue weighted by Gasteiger charge is -2.11. The maximum absolute atomic E-state index is 10.1. The Morgan fingerprint density at radius 3 is 1.78 bits per heavy atom. The van der Waals surface area contributed by atoms with Gasteiger partial charge >= 0.3 is 0 Å². The van der Waals surface area contributed by atoms with Crippen LogP contribution in [0.4, 0.5) is 0 Å². The Kier molecular flexibility index (Phi) is 3.72. The standard InChI is InChI=1S/C60H38N2S/c1-3-14-39(15-4-1)42-16-11-17-43(36-42)40-28-30-41(31-29-40)47-22-13-27-58-59(47)51-23-12-26-56(60(51)63-58)62-54-25-10-8-21-49(54)52-37-44(33-35-55(52)62)45-32-34-50-48-20-7-9-24-53(48)61(57(50)38-45)46-18-5-2-6-19-46/h1-38H/i1D,3D,4D,7D,8D,9D,10D,11D,12D,13D,14D,15D,16D,17D,20D,21D,22D,23D,24D,25D,26D,27D,28D,29D,30D,32D,33D,34D,35D,36D,37D,38D. The van der Waals surface area contributed by atoms with Gasteiger partial charge in [0.15, 0.2) is 0 Å². The first-order chi connectivity index (χ1) is 44.6. The maximum Gasteiger partial charge on any atom is 0.0652 e. The number of hydrogen-bond donors (Lipinski definition) is 0. The second-order valence-corrected chi connectivity index (χ2v) is 15.0. The number of thiophene rings is 1. The van der Waals surface area contributed by atoms with Gasteiger partial charge in [-0.2, -0.15) is 0 Å². The van der Waals surface area contributed by atoms with Crippen molar-refractivity contribution in [1.29, 1.82) is 0 Å². The largest absolute Gasteiger partial charge is 0.309 e. The molecule has 0 N–H and O–H groups in total. The van der Waals surface area contributed by atoms with E-state index >= 15 is 0 Å². The molecular formula is C60H38N2S. The maximum atomic E-state index is 10.1. The van der Waals surface area contributed by atoms with Gasteiger partial charge in [-0.05, 0) is 105 Å². The third-order valence-corrected chi connectivity index (χ3v) is 11.6. The number of hydrogen-bond acceptors (Lipinski definition) is 1. The van der Waals surface area contributed by atoms with Gasteiger partial charge < -0.3 is 9.13 Å². The van der Waals surface area contributed by atoms with Crippen LogP contribution in [-0.2, 0) is 0 Å². The van der Waals surface area contributed by atoms with Crippen molar-refractivity contribution in [3.05, 3.63) is 230 Å². The molecule has 0 unspecified atom stereocenters. The fourth-order valence-electron chi connectivity index (χ4n) is 7.75. The number of aromatic nitrogens is 2. The second kappa shape index (κ2) is 14.3. The van der Waals surface area contributed by atoms with Crippen molar-refractivity contribution in [2.45, 2.75) is 0 Å². The van der Waals surface area contributed by atoms with Crippen LogP contribution in [0.1, 0.15) is 43.9 Å². The van der Waals surface area contributed by atoms with Crippen LogP contribution in [0.15, 0.2) is 230 Å². The van der Waals surface area contributed by atoms with Crippen LogP contribution in [-0.4, -0.2) is 9.13 Å². The summed E-state index contributed by atoms with van der Waals surface area (Å²) in [5.41, 5.74) is -7.27. The summed E-state index contributed by atoms with van der Waals surface area (Å²) in [4.78, 5) is 0. The Bertz CT molecular complexity index is 5780. The summed E-state index contributed by atoms with van der Waals surface area (Å²) < 4.78 is 295. The zero-order chi connectivity index (χ0) is 69.3. The zero-order valence-corrected chi connectivity index (χ0v) is 32.6. The van der Waals surface area contributed by atoms with Gasteiger partial charge in [0, 0.05) is 42.7 Å². The van der Waals surface area contributed by atoms with Crippen molar-refractivity contribution in [3.63, 3.8) is 0 Å². The molecule has 0 amide bonds. The van der Waals surface area contributed by atoms with Gasteiger partial charge in [0.1, 0.15) is 0 Å². The third kappa shape index (κ3) is 5.71. The molecule has 10 aromatic carbocycles. The number of para-hydroxylation sites is 3. The summed E-state index contributed by atoms with van der Waals surface area (Å²) >= 11 is 0.551. The van der Waals surface area contributed by atoms with E-state index in [2.05, 4.69) is 0 Å². The van der Waals surface area contributed by atoms with E-state index < -0.39 is 271 Å². The first kappa shape index (κ1) is 16.4. The second-order valence-electron chi connectivity index (χ2n) is 14.0. The van der Waals surface area contributed by atoms with Crippen LogP contribution in [0.25, 0.3) is 120 Å². The molecular weight excluding hydrogens is 781 g/mol. The minimum Gasteiger partial charge on any atom is -0.309 e. The lowest BCUT2D eigenvalue weighted by Crippen LogP contribution is -1.94.